The Hall–Kier alpha value is -2.76. The van der Waals surface area contributed by atoms with Crippen molar-refractivity contribution in [3.05, 3.63) is 40.1 Å². The van der Waals surface area contributed by atoms with Crippen molar-refractivity contribution in [3.63, 3.8) is 0 Å². The first kappa shape index (κ1) is 24.0. The van der Waals surface area contributed by atoms with E-state index < -0.39 is 10.0 Å². The number of aromatic amines is 1. The number of imidazole rings is 1. The molecule has 2 fully saturated rings. The van der Waals surface area contributed by atoms with Crippen LogP contribution in [0.15, 0.2) is 27.9 Å². The van der Waals surface area contributed by atoms with Crippen molar-refractivity contribution < 1.29 is 13.2 Å². The number of piperazine rings is 1. The highest BCUT2D eigenvalue weighted by atomic mass is 32.2. The van der Waals surface area contributed by atoms with E-state index in [2.05, 4.69) is 26.9 Å². The van der Waals surface area contributed by atoms with Crippen molar-refractivity contribution in [1.82, 2.24) is 28.8 Å². The minimum Gasteiger partial charge on any atom is -0.493 e. The largest absolute Gasteiger partial charge is 0.493 e. The number of ether oxygens (including phenoxy) is 1. The molecule has 1 aromatic carbocycles. The molecule has 4 heterocycles. The van der Waals surface area contributed by atoms with E-state index in [-0.39, 0.29) is 28.4 Å². The second-order valence-corrected chi connectivity index (χ2v) is 11.1. The summed E-state index contributed by atoms with van der Waals surface area (Å²) in [5.74, 6) is 1.41. The van der Waals surface area contributed by atoms with Gasteiger partial charge in [0, 0.05) is 31.6 Å². The van der Waals surface area contributed by atoms with E-state index in [4.69, 9.17) is 4.74 Å². The van der Waals surface area contributed by atoms with Crippen molar-refractivity contribution in [2.24, 2.45) is 0 Å². The molecular weight excluding hydrogens is 468 g/mol. The van der Waals surface area contributed by atoms with Crippen LogP contribution in [-0.4, -0.2) is 75.5 Å². The summed E-state index contributed by atoms with van der Waals surface area (Å²) in [5.41, 5.74) is 1.11. The van der Waals surface area contributed by atoms with Gasteiger partial charge in [0.15, 0.2) is 11.3 Å². The zero-order chi connectivity index (χ0) is 24.9. The zero-order valence-corrected chi connectivity index (χ0v) is 21.4. The molecule has 0 spiro atoms. The molecule has 11 heteroatoms. The first-order valence-electron chi connectivity index (χ1n) is 12.3. The third-order valence-corrected chi connectivity index (χ3v) is 8.95. The molecule has 0 unspecified atom stereocenters. The second-order valence-electron chi connectivity index (χ2n) is 9.22. The molecule has 1 N–H and O–H groups in total. The average molecular weight is 501 g/mol. The van der Waals surface area contributed by atoms with Gasteiger partial charge in [-0.15, -0.1) is 5.10 Å². The van der Waals surface area contributed by atoms with Crippen molar-refractivity contribution in [1.29, 1.82) is 0 Å². The van der Waals surface area contributed by atoms with Crippen molar-refractivity contribution in [2.75, 3.05) is 26.2 Å². The first-order chi connectivity index (χ1) is 16.8. The summed E-state index contributed by atoms with van der Waals surface area (Å²) in [5, 5.41) is 4.67. The van der Waals surface area contributed by atoms with Crippen LogP contribution >= 0.6 is 0 Å². The number of aromatic nitrogens is 4. The number of aryl methyl sites for hydroxylation is 2. The van der Waals surface area contributed by atoms with Crippen molar-refractivity contribution in [2.45, 2.75) is 63.9 Å². The Bertz CT molecular complexity index is 1430. The van der Waals surface area contributed by atoms with Crippen LogP contribution in [0.25, 0.3) is 16.9 Å². The van der Waals surface area contributed by atoms with E-state index in [1.54, 1.807) is 33.9 Å². The average Bonchev–Trinajstić information content (AvgIpc) is 3.53. The number of hydrogen-bond acceptors (Lipinski definition) is 7. The fourth-order valence-corrected chi connectivity index (χ4v) is 7.10. The molecule has 35 heavy (non-hydrogen) atoms. The normalized spacial score (nSPS) is 20.8. The van der Waals surface area contributed by atoms with Crippen molar-refractivity contribution in [3.8, 4) is 17.1 Å². The topological polar surface area (TPSA) is 113 Å². The van der Waals surface area contributed by atoms with E-state index in [9.17, 15) is 13.2 Å². The number of likely N-dealkylation sites (N-methyl/N-ethyl adjacent to an activating group) is 1. The Balaban J connectivity index is 1.60. The smallest absolute Gasteiger partial charge is 0.277 e. The van der Waals surface area contributed by atoms with Crippen LogP contribution in [0.4, 0.5) is 0 Å². The highest BCUT2D eigenvalue weighted by molar-refractivity contribution is 7.89. The molecule has 3 aromatic rings. The quantitative estimate of drug-likeness (QED) is 0.505. The number of benzene rings is 1. The van der Waals surface area contributed by atoms with Crippen molar-refractivity contribution >= 4 is 15.5 Å². The van der Waals surface area contributed by atoms with E-state index >= 15 is 0 Å². The number of fused-ring (bicyclic) bond motifs is 3. The third kappa shape index (κ3) is 3.95. The van der Waals surface area contributed by atoms with Gasteiger partial charge in [-0.2, -0.15) is 4.31 Å². The maximum Gasteiger partial charge on any atom is 0.277 e. The van der Waals surface area contributed by atoms with E-state index in [0.29, 0.717) is 47.9 Å². The number of hydrogen-bond donors (Lipinski definition) is 1. The van der Waals surface area contributed by atoms with Crippen LogP contribution in [-0.2, 0) is 16.4 Å². The van der Waals surface area contributed by atoms with Crippen LogP contribution in [0.3, 0.4) is 0 Å². The molecule has 0 saturated carbocycles. The van der Waals surface area contributed by atoms with E-state index in [1.165, 1.54) is 0 Å². The summed E-state index contributed by atoms with van der Waals surface area (Å²) in [7, 11) is -3.72. The molecule has 2 aliphatic rings. The number of likely N-dealkylation sites (tertiary alicyclic amines) is 1. The molecule has 0 radical (unpaired) electrons. The second kappa shape index (κ2) is 9.03. The van der Waals surface area contributed by atoms with Gasteiger partial charge in [0.1, 0.15) is 11.6 Å². The number of sulfonamides is 1. The molecule has 5 rings (SSSR count). The highest BCUT2D eigenvalue weighted by Crippen LogP contribution is 2.37. The van der Waals surface area contributed by atoms with Gasteiger partial charge in [-0.25, -0.2) is 17.9 Å². The highest BCUT2D eigenvalue weighted by Gasteiger charge is 2.47. The van der Waals surface area contributed by atoms with Gasteiger partial charge in [0.2, 0.25) is 10.0 Å². The number of H-pyrrole nitrogens is 1. The van der Waals surface area contributed by atoms with Crippen LogP contribution in [0, 0.1) is 6.92 Å². The van der Waals surface area contributed by atoms with Gasteiger partial charge in [-0.3, -0.25) is 9.69 Å². The summed E-state index contributed by atoms with van der Waals surface area (Å²) < 4.78 is 36.3. The molecule has 2 saturated heterocycles. The van der Waals surface area contributed by atoms with Crippen LogP contribution in [0.1, 0.15) is 45.1 Å². The van der Waals surface area contributed by atoms with Crippen LogP contribution in [0.5, 0.6) is 5.75 Å². The maximum absolute atomic E-state index is 13.7. The fourth-order valence-electron chi connectivity index (χ4n) is 5.41. The molecule has 0 amide bonds. The van der Waals surface area contributed by atoms with Crippen LogP contribution < -0.4 is 10.3 Å². The molecule has 2 bridgehead atoms. The van der Waals surface area contributed by atoms with Gasteiger partial charge in [0.05, 0.1) is 22.8 Å². The maximum atomic E-state index is 13.7. The Morgan fingerprint density at radius 3 is 2.63 bits per heavy atom. The Morgan fingerprint density at radius 1 is 1.17 bits per heavy atom. The molecule has 2 atom stereocenters. The molecule has 2 aromatic heterocycles. The minimum atomic E-state index is -3.72. The third-order valence-electron chi connectivity index (χ3n) is 7.04. The predicted octanol–water partition coefficient (Wildman–Crippen LogP) is 2.21. The lowest BCUT2D eigenvalue weighted by atomic mass is 10.2. The van der Waals surface area contributed by atoms with Gasteiger partial charge in [-0.1, -0.05) is 13.8 Å². The lowest BCUT2D eigenvalue weighted by Gasteiger charge is -2.32. The zero-order valence-electron chi connectivity index (χ0n) is 20.6. The van der Waals surface area contributed by atoms with E-state index in [0.717, 1.165) is 25.9 Å². The SMILES string of the molecule is CCCc1nc(C)c2c(=O)[nH]c(-c3cc(S(=O)(=O)N4C[C@@H]5C[C@@H]4CN5CC)ccc3OCC)nn12. The summed E-state index contributed by atoms with van der Waals surface area (Å²) in [4.78, 5) is 22.8. The first-order valence-corrected chi connectivity index (χ1v) is 13.7. The molecular formula is C24H32N6O4S. The number of nitrogens with zero attached hydrogens (tertiary/aromatic N) is 5. The van der Waals surface area contributed by atoms with Gasteiger partial charge in [0.25, 0.3) is 5.56 Å². The van der Waals surface area contributed by atoms with Gasteiger partial charge in [-0.05, 0) is 51.4 Å². The summed E-state index contributed by atoms with van der Waals surface area (Å²) in [6.07, 6.45) is 2.39. The predicted molar refractivity (Wildman–Crippen MR) is 132 cm³/mol. The molecule has 10 nitrogen and oxygen atoms in total. The Morgan fingerprint density at radius 2 is 1.97 bits per heavy atom. The minimum absolute atomic E-state index is 0.0141. The lowest BCUT2D eigenvalue weighted by Crippen LogP contribution is -2.48. The van der Waals surface area contributed by atoms with E-state index in [1.807, 2.05) is 13.8 Å². The fraction of sp³-hybridized carbons (Fsp3) is 0.542. The molecule has 188 valence electrons. The summed E-state index contributed by atoms with van der Waals surface area (Å²) in [6, 6.07) is 5.04. The van der Waals surface area contributed by atoms with Crippen LogP contribution in [0.2, 0.25) is 0 Å². The van der Waals surface area contributed by atoms with Gasteiger partial charge < -0.3 is 9.72 Å². The standard InChI is InChI=1S/C24H32N6O4S/c1-5-8-21-25-15(4)22-24(31)26-23(27-30(21)22)19-12-18(9-10-20(19)34-7-3)35(32,33)29-14-16-11-17(29)13-28(16)6-2/h9-10,12,16-17H,5-8,11,13-14H2,1-4H3,(H,26,27,31)/t16-,17+/m0/s1. The number of rotatable bonds is 8. The summed E-state index contributed by atoms with van der Waals surface area (Å²) in [6.45, 7) is 10.4. The monoisotopic (exact) mass is 500 g/mol. The Labute approximate surface area is 205 Å². The Kier molecular flexibility index (Phi) is 6.18. The number of nitrogens with one attached hydrogen (secondary N) is 1. The molecule has 0 aliphatic carbocycles. The summed E-state index contributed by atoms with van der Waals surface area (Å²) >= 11 is 0. The lowest BCUT2D eigenvalue weighted by molar-refractivity contribution is 0.190. The molecule has 2 aliphatic heterocycles. The van der Waals surface area contributed by atoms with Gasteiger partial charge >= 0.3 is 0 Å².